The van der Waals surface area contributed by atoms with Gasteiger partial charge in [0.15, 0.2) is 5.30 Å². The number of aryl methyl sites for hydroxylation is 3. The highest BCUT2D eigenvalue weighted by Crippen LogP contribution is 2.30. The van der Waals surface area contributed by atoms with Crippen LogP contribution in [0, 0.1) is 20.8 Å². The van der Waals surface area contributed by atoms with E-state index in [1.807, 2.05) is 64.1 Å². The summed E-state index contributed by atoms with van der Waals surface area (Å²) in [6.45, 7) is 11.6. The summed E-state index contributed by atoms with van der Waals surface area (Å²) in [6, 6.07) is 23.0. The van der Waals surface area contributed by atoms with Crippen LogP contribution in [0.1, 0.15) is 39.5 Å². The van der Waals surface area contributed by atoms with Crippen molar-refractivity contribution in [2.45, 2.75) is 27.7 Å². The van der Waals surface area contributed by atoms with Gasteiger partial charge in [0.05, 0.1) is 5.56 Å². The van der Waals surface area contributed by atoms with E-state index < -0.39 is 7.80 Å². The van der Waals surface area contributed by atoms with Gasteiger partial charge in [-0.3, -0.25) is 0 Å². The van der Waals surface area contributed by atoms with Crippen LogP contribution in [0.2, 0.25) is 0 Å². The highest BCUT2D eigenvalue weighted by atomic mass is 31.1. The number of benzene rings is 3. The molecule has 3 aromatic carbocycles. The molecule has 0 aliphatic heterocycles. The van der Waals surface area contributed by atoms with Gasteiger partial charge in [0.1, 0.15) is 0 Å². The lowest BCUT2D eigenvalue weighted by atomic mass is 10.0. The molecule has 1 atom stereocenters. The first-order chi connectivity index (χ1) is 13.3. The van der Waals surface area contributed by atoms with Crippen LogP contribution in [0.3, 0.4) is 0 Å². The van der Waals surface area contributed by atoms with Crippen molar-refractivity contribution >= 4 is 24.2 Å². The quantitative estimate of drug-likeness (QED) is 0.470. The molecule has 3 heteroatoms. The third-order valence-corrected chi connectivity index (χ3v) is 5.69. The molecule has 3 rings (SSSR count). The first-order valence-electron chi connectivity index (χ1n) is 9.16. The number of hydrogen-bond acceptors (Lipinski definition) is 2. The van der Waals surface area contributed by atoms with E-state index in [9.17, 15) is 9.36 Å². The van der Waals surface area contributed by atoms with Gasteiger partial charge in [-0.25, -0.2) is 4.79 Å². The van der Waals surface area contributed by atoms with E-state index in [2.05, 4.69) is 18.7 Å². The summed E-state index contributed by atoms with van der Waals surface area (Å²) in [7, 11) is -2.04. The lowest BCUT2D eigenvalue weighted by molar-refractivity contribution is 0.107. The van der Waals surface area contributed by atoms with Gasteiger partial charge in [-0.05, 0) is 56.5 Å². The fourth-order valence-electron chi connectivity index (χ4n) is 3.02. The maximum absolute atomic E-state index is 12.4. The van der Waals surface area contributed by atoms with Gasteiger partial charge in [0.25, 0.3) is 0 Å². The monoisotopic (exact) mass is 389 g/mol. The summed E-state index contributed by atoms with van der Waals surface area (Å²) in [4.78, 5) is 12.4. The van der Waals surface area contributed by atoms with Gasteiger partial charge >= 0.3 is 13.3 Å². The van der Waals surface area contributed by atoms with Crippen LogP contribution >= 0.6 is 7.80 Å². The van der Waals surface area contributed by atoms with Crippen LogP contribution < -0.4 is 5.30 Å². The molecule has 0 N–H and O–H groups in total. The van der Waals surface area contributed by atoms with Gasteiger partial charge in [-0.2, -0.15) is 0 Å². The molecule has 0 spiro atoms. The zero-order valence-corrected chi connectivity index (χ0v) is 17.8. The topological polar surface area (TPSA) is 34.1 Å². The second kappa shape index (κ2) is 9.92. The zero-order chi connectivity index (χ0) is 20.7. The summed E-state index contributed by atoms with van der Waals surface area (Å²) in [5.41, 5.74) is 5.55. The smallest absolute Gasteiger partial charge is 0.234 e. The highest BCUT2D eigenvalue weighted by Gasteiger charge is 2.34. The Morgan fingerprint density at radius 2 is 1.29 bits per heavy atom. The Hall–Kier alpha value is -2.83. The van der Waals surface area contributed by atoms with E-state index in [-0.39, 0.29) is 5.52 Å². The molecule has 2 nitrogen and oxygen atoms in total. The van der Waals surface area contributed by atoms with Crippen LogP contribution in [0.15, 0.2) is 79.4 Å². The molecule has 0 radical (unpaired) electrons. The van der Waals surface area contributed by atoms with Crippen LogP contribution in [0.4, 0.5) is 0 Å². The zero-order valence-electron chi connectivity index (χ0n) is 16.9. The van der Waals surface area contributed by atoms with Crippen molar-refractivity contribution in [2.75, 3.05) is 0 Å². The SMILES string of the molecule is C=C(C)c1ccccc1.Cc1cc(C)c(C(=O)[P+](=O)c2ccccc2)c(C)c1. The van der Waals surface area contributed by atoms with Gasteiger partial charge in [-0.1, -0.05) is 82.9 Å². The molecule has 0 fully saturated rings. The molecule has 0 aliphatic rings. The number of allylic oxidation sites excluding steroid dienone is 1. The number of rotatable bonds is 4. The molecule has 0 aliphatic carbocycles. The van der Waals surface area contributed by atoms with E-state index in [1.165, 1.54) is 5.56 Å². The van der Waals surface area contributed by atoms with Crippen molar-refractivity contribution in [3.8, 4) is 0 Å². The van der Waals surface area contributed by atoms with Crippen LogP contribution in [0.25, 0.3) is 5.57 Å². The Bertz CT molecular complexity index is 967. The molecular formula is C25H26O2P+. The molecule has 142 valence electrons. The summed E-state index contributed by atoms with van der Waals surface area (Å²) >= 11 is 0. The second-order valence-electron chi connectivity index (χ2n) is 6.86. The largest absolute Gasteiger partial charge is 0.458 e. The number of hydrogen-bond donors (Lipinski definition) is 0. The predicted octanol–water partition coefficient (Wildman–Crippen LogP) is 6.62. The van der Waals surface area contributed by atoms with Gasteiger partial charge in [-0.15, -0.1) is 0 Å². The molecule has 0 amide bonds. The summed E-state index contributed by atoms with van der Waals surface area (Å²) in [6.07, 6.45) is 0. The molecule has 1 unspecified atom stereocenters. The van der Waals surface area contributed by atoms with Crippen molar-refractivity contribution in [2.24, 2.45) is 0 Å². The molecular weight excluding hydrogens is 363 g/mol. The second-order valence-corrected chi connectivity index (χ2v) is 8.37. The minimum Gasteiger partial charge on any atom is -0.234 e. The number of carbonyl (C=O) groups is 1. The first-order valence-corrected chi connectivity index (χ1v) is 10.4. The average Bonchev–Trinajstić information content (AvgIpc) is 2.68. The first kappa shape index (κ1) is 21.5. The van der Waals surface area contributed by atoms with Crippen LogP contribution in [0.5, 0.6) is 0 Å². The van der Waals surface area contributed by atoms with E-state index in [0.29, 0.717) is 10.9 Å². The summed E-state index contributed by atoms with van der Waals surface area (Å²) in [5, 5.41) is 0.585. The molecule has 0 aromatic heterocycles. The predicted molar refractivity (Wildman–Crippen MR) is 120 cm³/mol. The van der Waals surface area contributed by atoms with E-state index >= 15 is 0 Å². The molecule has 28 heavy (non-hydrogen) atoms. The highest BCUT2D eigenvalue weighted by molar-refractivity contribution is 7.71. The van der Waals surface area contributed by atoms with Crippen LogP contribution in [-0.4, -0.2) is 5.52 Å². The Balaban J connectivity index is 0.000000261. The van der Waals surface area contributed by atoms with Crippen molar-refractivity contribution in [1.82, 2.24) is 0 Å². The normalized spacial score (nSPS) is 10.5. The third-order valence-electron chi connectivity index (χ3n) is 4.33. The Morgan fingerprint density at radius 1 is 0.821 bits per heavy atom. The molecule has 0 heterocycles. The van der Waals surface area contributed by atoms with Gasteiger partial charge in [0.2, 0.25) is 0 Å². The molecule has 0 bridgehead atoms. The Morgan fingerprint density at radius 3 is 1.71 bits per heavy atom. The molecule has 0 saturated heterocycles. The molecule has 3 aromatic rings. The van der Waals surface area contributed by atoms with Crippen molar-refractivity contribution in [3.63, 3.8) is 0 Å². The van der Waals surface area contributed by atoms with Crippen molar-refractivity contribution in [1.29, 1.82) is 0 Å². The van der Waals surface area contributed by atoms with Crippen molar-refractivity contribution < 1.29 is 9.36 Å². The third kappa shape index (κ3) is 5.58. The minimum absolute atomic E-state index is 0.281. The van der Waals surface area contributed by atoms with Crippen molar-refractivity contribution in [3.05, 3.63) is 107 Å². The average molecular weight is 389 g/mol. The summed E-state index contributed by atoms with van der Waals surface area (Å²) in [5.74, 6) is 0. The minimum atomic E-state index is -2.04. The van der Waals surface area contributed by atoms with E-state index in [1.54, 1.807) is 24.3 Å². The lowest BCUT2D eigenvalue weighted by Gasteiger charge is -2.05. The fourth-order valence-corrected chi connectivity index (χ4v) is 4.26. The standard InChI is InChI=1S/C16H16O2P.C9H10/c1-11-9-12(2)15(13(3)10-11)16(17)19(18)14-7-5-4-6-8-14;1-8(2)9-6-4-3-5-7-9/h4-10H,1-3H3;3-7H,1H2,2H3/q+1;. The lowest BCUT2D eigenvalue weighted by Crippen LogP contribution is -2.07. The Labute approximate surface area is 168 Å². The number of carbonyl (C=O) groups excluding carboxylic acids is 1. The van der Waals surface area contributed by atoms with Crippen LogP contribution in [-0.2, 0) is 4.57 Å². The van der Waals surface area contributed by atoms with E-state index in [4.69, 9.17) is 0 Å². The summed E-state index contributed by atoms with van der Waals surface area (Å²) < 4.78 is 12.3. The van der Waals surface area contributed by atoms with Gasteiger partial charge < -0.3 is 0 Å². The Kier molecular flexibility index (Phi) is 7.61. The van der Waals surface area contributed by atoms with E-state index in [0.717, 1.165) is 22.3 Å². The fraction of sp³-hybridized carbons (Fsp3) is 0.160. The maximum atomic E-state index is 12.4. The maximum Gasteiger partial charge on any atom is 0.458 e. The molecule has 0 saturated carbocycles. The van der Waals surface area contributed by atoms with Gasteiger partial charge in [0, 0.05) is 0 Å².